The third kappa shape index (κ3) is 3.14. The van der Waals surface area contributed by atoms with Crippen LogP contribution >= 0.6 is 0 Å². The van der Waals surface area contributed by atoms with Crippen LogP contribution in [0, 0.1) is 0 Å². The predicted molar refractivity (Wildman–Crippen MR) is 83.0 cm³/mol. The molecule has 0 saturated carbocycles. The minimum absolute atomic E-state index is 0.191. The molecule has 0 aromatic heterocycles. The fourth-order valence-corrected chi connectivity index (χ4v) is 2.37. The lowest BCUT2D eigenvalue weighted by Crippen LogP contribution is -2.05. The number of ether oxygens (including phenoxy) is 2. The Bertz CT molecular complexity index is 632. The highest BCUT2D eigenvalue weighted by atomic mass is 16.5. The van der Waals surface area contributed by atoms with Crippen molar-refractivity contribution in [3.63, 3.8) is 0 Å². The molecule has 0 heterocycles. The molecule has 3 nitrogen and oxygen atoms in total. The average Bonchev–Trinajstić information content (AvgIpc) is 2.55. The van der Waals surface area contributed by atoms with Gasteiger partial charge in [-0.2, -0.15) is 0 Å². The lowest BCUT2D eigenvalue weighted by molar-refractivity contribution is -0.105. The fraction of sp³-hybridized carbons (Fsp3) is 0.167. The third-order valence-corrected chi connectivity index (χ3v) is 3.40. The average molecular weight is 282 g/mol. The van der Waals surface area contributed by atoms with Crippen LogP contribution in [0.25, 0.3) is 0 Å². The van der Waals surface area contributed by atoms with Crippen LogP contribution in [0.15, 0.2) is 60.7 Å². The fourth-order valence-electron chi connectivity index (χ4n) is 2.37. The second-order valence-electron chi connectivity index (χ2n) is 4.65. The molecule has 0 saturated heterocycles. The number of aldehydes is 1. The molecule has 108 valence electrons. The second-order valence-corrected chi connectivity index (χ2v) is 4.65. The first-order chi connectivity index (χ1) is 10.2. The molecular weight excluding hydrogens is 264 g/mol. The van der Waals surface area contributed by atoms with Crippen LogP contribution in [0.1, 0.15) is 17.0 Å². The zero-order valence-corrected chi connectivity index (χ0v) is 12.2. The minimum atomic E-state index is -0.191. The number of hydrogen-bond acceptors (Lipinski definition) is 3. The van der Waals surface area contributed by atoms with E-state index in [4.69, 9.17) is 9.47 Å². The van der Waals surface area contributed by atoms with E-state index in [1.165, 1.54) is 0 Å². The van der Waals surface area contributed by atoms with Crippen molar-refractivity contribution in [3.8, 4) is 11.5 Å². The smallest absolute Gasteiger partial charge is 0.161 e. The van der Waals surface area contributed by atoms with E-state index in [1.54, 1.807) is 14.2 Å². The molecular formula is C18H18O3. The Balaban J connectivity index is 2.52. The van der Waals surface area contributed by atoms with Crippen molar-refractivity contribution < 1.29 is 14.3 Å². The molecule has 0 N–H and O–H groups in total. The summed E-state index contributed by atoms with van der Waals surface area (Å²) in [5.74, 6) is 1.10. The van der Waals surface area contributed by atoms with Crippen molar-refractivity contribution in [1.82, 2.24) is 0 Å². The molecule has 3 heteroatoms. The van der Waals surface area contributed by atoms with E-state index in [0.717, 1.165) is 17.4 Å². The maximum absolute atomic E-state index is 11.2. The Kier molecular flexibility index (Phi) is 4.77. The number of hydrogen-bond donors (Lipinski definition) is 0. The number of rotatable bonds is 6. The van der Waals surface area contributed by atoms with Gasteiger partial charge in [-0.15, -0.1) is 0 Å². The summed E-state index contributed by atoms with van der Waals surface area (Å²) in [7, 11) is 3.18. The minimum Gasteiger partial charge on any atom is -0.493 e. The van der Waals surface area contributed by atoms with Crippen molar-refractivity contribution in [2.75, 3.05) is 14.2 Å². The van der Waals surface area contributed by atoms with E-state index in [1.807, 2.05) is 48.5 Å². The van der Waals surface area contributed by atoms with Gasteiger partial charge in [0, 0.05) is 5.92 Å². The van der Waals surface area contributed by atoms with E-state index < -0.39 is 0 Å². The number of methoxy groups -OCH3 is 2. The van der Waals surface area contributed by atoms with Gasteiger partial charge < -0.3 is 9.47 Å². The quantitative estimate of drug-likeness (QED) is 0.600. The van der Waals surface area contributed by atoms with Crippen LogP contribution in [0.5, 0.6) is 11.5 Å². The first-order valence-corrected chi connectivity index (χ1v) is 6.62. The second kappa shape index (κ2) is 6.75. The number of allylic oxidation sites excluding steroid dienone is 1. The van der Waals surface area contributed by atoms with Gasteiger partial charge in [-0.1, -0.05) is 43.0 Å². The zero-order valence-electron chi connectivity index (χ0n) is 12.2. The first kappa shape index (κ1) is 14.9. The molecule has 0 fully saturated rings. The summed E-state index contributed by atoms with van der Waals surface area (Å²) in [6.45, 7) is 3.88. The Morgan fingerprint density at radius 3 is 2.24 bits per heavy atom. The summed E-state index contributed by atoms with van der Waals surface area (Å²) in [5.41, 5.74) is 2.46. The predicted octanol–water partition coefficient (Wildman–Crippen LogP) is 3.59. The molecule has 2 aromatic rings. The van der Waals surface area contributed by atoms with Gasteiger partial charge in [0.25, 0.3) is 0 Å². The van der Waals surface area contributed by atoms with E-state index in [-0.39, 0.29) is 5.92 Å². The summed E-state index contributed by atoms with van der Waals surface area (Å²) in [4.78, 5) is 11.2. The largest absolute Gasteiger partial charge is 0.493 e. The van der Waals surface area contributed by atoms with Crippen LogP contribution in [0.3, 0.4) is 0 Å². The molecule has 21 heavy (non-hydrogen) atoms. The molecule has 0 spiro atoms. The van der Waals surface area contributed by atoms with Gasteiger partial charge in [0.05, 0.1) is 14.2 Å². The van der Waals surface area contributed by atoms with Gasteiger partial charge in [0.1, 0.15) is 6.29 Å². The lowest BCUT2D eigenvalue weighted by atomic mass is 9.86. The third-order valence-electron chi connectivity index (χ3n) is 3.40. The van der Waals surface area contributed by atoms with Crippen LogP contribution in [0.2, 0.25) is 0 Å². The van der Waals surface area contributed by atoms with Gasteiger partial charge in [-0.05, 0) is 28.8 Å². The van der Waals surface area contributed by atoms with Crippen molar-refractivity contribution >= 4 is 6.29 Å². The van der Waals surface area contributed by atoms with Gasteiger partial charge in [0.2, 0.25) is 0 Å². The number of benzene rings is 2. The normalized spacial score (nSPS) is 11.5. The molecule has 0 aliphatic carbocycles. The Morgan fingerprint density at radius 1 is 1.00 bits per heavy atom. The number of carbonyl (C=O) groups excluding carboxylic acids is 1. The maximum Gasteiger partial charge on any atom is 0.161 e. The lowest BCUT2D eigenvalue weighted by Gasteiger charge is -2.19. The van der Waals surface area contributed by atoms with Crippen molar-refractivity contribution in [1.29, 1.82) is 0 Å². The van der Waals surface area contributed by atoms with Gasteiger partial charge in [-0.25, -0.2) is 0 Å². The topological polar surface area (TPSA) is 35.5 Å². The van der Waals surface area contributed by atoms with E-state index >= 15 is 0 Å². The van der Waals surface area contributed by atoms with Crippen molar-refractivity contribution in [2.24, 2.45) is 0 Å². The molecule has 2 rings (SSSR count). The van der Waals surface area contributed by atoms with Crippen LogP contribution in [-0.2, 0) is 4.79 Å². The molecule has 0 bridgehead atoms. The summed E-state index contributed by atoms with van der Waals surface area (Å²) in [6.07, 6.45) is 0.800. The molecule has 1 atom stereocenters. The molecule has 0 unspecified atom stereocenters. The van der Waals surface area contributed by atoms with Crippen molar-refractivity contribution in [2.45, 2.75) is 5.92 Å². The molecule has 0 radical (unpaired) electrons. The molecule has 2 aromatic carbocycles. The van der Waals surface area contributed by atoms with Crippen LogP contribution in [0.4, 0.5) is 0 Å². The van der Waals surface area contributed by atoms with E-state index in [9.17, 15) is 4.79 Å². The summed E-state index contributed by atoms with van der Waals surface area (Å²) >= 11 is 0. The monoisotopic (exact) mass is 282 g/mol. The van der Waals surface area contributed by atoms with E-state index in [2.05, 4.69) is 6.58 Å². The highest BCUT2D eigenvalue weighted by Gasteiger charge is 2.19. The number of carbonyl (C=O) groups is 1. The van der Waals surface area contributed by atoms with E-state index in [0.29, 0.717) is 17.1 Å². The maximum atomic E-state index is 11.2. The molecule has 0 aliphatic heterocycles. The summed E-state index contributed by atoms with van der Waals surface area (Å²) in [5, 5.41) is 0. The molecule has 0 aliphatic rings. The molecule has 0 amide bonds. The Labute approximate surface area is 124 Å². The SMILES string of the molecule is C=C(C=O)[C@H](c1ccccc1)c1ccc(OC)c(OC)c1. The van der Waals surface area contributed by atoms with Gasteiger partial charge in [-0.3, -0.25) is 4.79 Å². The summed E-state index contributed by atoms with van der Waals surface area (Å²) in [6, 6.07) is 15.4. The Morgan fingerprint density at radius 2 is 1.67 bits per heavy atom. The van der Waals surface area contributed by atoms with Gasteiger partial charge in [0.15, 0.2) is 11.5 Å². The van der Waals surface area contributed by atoms with Gasteiger partial charge >= 0.3 is 0 Å². The van der Waals surface area contributed by atoms with Crippen molar-refractivity contribution in [3.05, 3.63) is 71.8 Å². The summed E-state index contributed by atoms with van der Waals surface area (Å²) < 4.78 is 10.6. The van der Waals surface area contributed by atoms with Crippen LogP contribution < -0.4 is 9.47 Å². The highest BCUT2D eigenvalue weighted by molar-refractivity contribution is 5.77. The highest BCUT2D eigenvalue weighted by Crippen LogP contribution is 2.35. The first-order valence-electron chi connectivity index (χ1n) is 6.62. The van der Waals surface area contributed by atoms with Crippen LogP contribution in [-0.4, -0.2) is 20.5 Å². The standard InChI is InChI=1S/C18H18O3/c1-13(12-19)18(14-7-5-4-6-8-14)15-9-10-16(20-2)17(11-15)21-3/h4-12,18H,1H2,2-3H3/t18-/m1/s1. The zero-order chi connectivity index (χ0) is 15.2. The Hall–Kier alpha value is -2.55.